The van der Waals surface area contributed by atoms with E-state index in [4.69, 9.17) is 14.2 Å². The molecule has 1 N–H and O–H groups in total. The SMILES string of the molecule is COCCOc1nc(Nc2ccc(Oc3ccc(SC)cc3)cc2)c2ccccc2n1. The van der Waals surface area contributed by atoms with Crippen molar-refractivity contribution in [3.05, 3.63) is 72.8 Å². The summed E-state index contributed by atoms with van der Waals surface area (Å²) in [7, 11) is 1.63. The van der Waals surface area contributed by atoms with Crippen LogP contribution in [0.1, 0.15) is 0 Å². The van der Waals surface area contributed by atoms with Crippen LogP contribution >= 0.6 is 11.8 Å². The number of hydrogen-bond acceptors (Lipinski definition) is 7. The molecule has 1 aromatic heterocycles. The van der Waals surface area contributed by atoms with Crippen LogP contribution in [-0.4, -0.2) is 36.5 Å². The van der Waals surface area contributed by atoms with E-state index in [1.54, 1.807) is 18.9 Å². The Bertz CT molecular complexity index is 1140. The van der Waals surface area contributed by atoms with Crippen LogP contribution in [0.25, 0.3) is 10.9 Å². The zero-order valence-corrected chi connectivity index (χ0v) is 18.2. The number of thioether (sulfide) groups is 1. The normalized spacial score (nSPS) is 10.8. The number of methoxy groups -OCH3 is 1. The van der Waals surface area contributed by atoms with Crippen LogP contribution in [0.3, 0.4) is 0 Å². The average molecular weight is 434 g/mol. The number of para-hydroxylation sites is 1. The highest BCUT2D eigenvalue weighted by Gasteiger charge is 2.09. The molecule has 31 heavy (non-hydrogen) atoms. The second-order valence-corrected chi connectivity index (χ2v) is 7.52. The minimum atomic E-state index is 0.312. The summed E-state index contributed by atoms with van der Waals surface area (Å²) in [5.74, 6) is 2.25. The monoisotopic (exact) mass is 433 g/mol. The summed E-state index contributed by atoms with van der Waals surface area (Å²) in [4.78, 5) is 10.2. The summed E-state index contributed by atoms with van der Waals surface area (Å²) in [5.41, 5.74) is 1.69. The van der Waals surface area contributed by atoms with Crippen molar-refractivity contribution in [1.82, 2.24) is 9.97 Å². The highest BCUT2D eigenvalue weighted by Crippen LogP contribution is 2.29. The van der Waals surface area contributed by atoms with Gasteiger partial charge in [-0.25, -0.2) is 0 Å². The maximum Gasteiger partial charge on any atom is 0.319 e. The fourth-order valence-electron chi connectivity index (χ4n) is 2.95. The molecular weight excluding hydrogens is 410 g/mol. The Morgan fingerprint density at radius 1 is 0.839 bits per heavy atom. The maximum atomic E-state index is 5.93. The molecule has 4 aromatic rings. The van der Waals surface area contributed by atoms with Crippen molar-refractivity contribution in [2.75, 3.05) is 31.9 Å². The molecule has 0 atom stereocenters. The predicted octanol–water partition coefficient (Wildman–Crippen LogP) is 5.91. The van der Waals surface area contributed by atoms with Gasteiger partial charge in [0.25, 0.3) is 0 Å². The lowest BCUT2D eigenvalue weighted by molar-refractivity contribution is 0.141. The minimum absolute atomic E-state index is 0.312. The number of rotatable bonds is 9. The lowest BCUT2D eigenvalue weighted by Gasteiger charge is -2.12. The standard InChI is InChI=1S/C24H23N3O3S/c1-28-15-16-29-24-26-22-6-4-3-5-21(22)23(27-24)25-17-7-9-18(10-8-17)30-19-11-13-20(31-2)14-12-19/h3-14H,15-16H2,1-2H3,(H,25,26,27). The molecule has 158 valence electrons. The summed E-state index contributed by atoms with van der Waals surface area (Å²) < 4.78 is 16.6. The molecule has 0 saturated carbocycles. The quantitative estimate of drug-likeness (QED) is 0.260. The molecule has 0 spiro atoms. The Hall–Kier alpha value is -3.29. The van der Waals surface area contributed by atoms with E-state index in [1.807, 2.05) is 72.8 Å². The fraction of sp³-hybridized carbons (Fsp3) is 0.167. The number of anilines is 2. The molecule has 6 nitrogen and oxygen atoms in total. The van der Waals surface area contributed by atoms with Gasteiger partial charge in [0.2, 0.25) is 0 Å². The van der Waals surface area contributed by atoms with Gasteiger partial charge in [-0.2, -0.15) is 9.97 Å². The van der Waals surface area contributed by atoms with Gasteiger partial charge in [-0.15, -0.1) is 11.8 Å². The number of fused-ring (bicyclic) bond motifs is 1. The molecular formula is C24H23N3O3S. The first-order valence-electron chi connectivity index (χ1n) is 9.82. The molecule has 0 saturated heterocycles. The van der Waals surface area contributed by atoms with Gasteiger partial charge in [0.05, 0.1) is 12.1 Å². The third-order valence-electron chi connectivity index (χ3n) is 4.51. The summed E-state index contributed by atoms with van der Waals surface area (Å²) in [5, 5.41) is 4.28. The summed E-state index contributed by atoms with van der Waals surface area (Å²) in [6, 6.07) is 23.9. The molecule has 0 aliphatic rings. The Labute approximate surface area is 185 Å². The third-order valence-corrected chi connectivity index (χ3v) is 5.26. The van der Waals surface area contributed by atoms with Crippen LogP contribution in [-0.2, 0) is 4.74 Å². The third kappa shape index (κ3) is 5.45. The molecule has 0 amide bonds. The summed E-state index contributed by atoms with van der Waals surface area (Å²) >= 11 is 1.70. The van der Waals surface area contributed by atoms with Crippen molar-refractivity contribution < 1.29 is 14.2 Å². The Morgan fingerprint density at radius 2 is 1.55 bits per heavy atom. The van der Waals surface area contributed by atoms with Crippen LogP contribution in [0.15, 0.2) is 77.7 Å². The van der Waals surface area contributed by atoms with E-state index in [-0.39, 0.29) is 0 Å². The highest BCUT2D eigenvalue weighted by atomic mass is 32.2. The Balaban J connectivity index is 1.51. The molecule has 7 heteroatoms. The van der Waals surface area contributed by atoms with Gasteiger partial charge in [0, 0.05) is 23.1 Å². The van der Waals surface area contributed by atoms with E-state index in [0.29, 0.717) is 25.0 Å². The molecule has 0 radical (unpaired) electrons. The van der Waals surface area contributed by atoms with Gasteiger partial charge >= 0.3 is 6.01 Å². The van der Waals surface area contributed by atoms with Crippen LogP contribution in [0.4, 0.5) is 11.5 Å². The zero-order valence-electron chi connectivity index (χ0n) is 17.4. The van der Waals surface area contributed by atoms with E-state index in [0.717, 1.165) is 28.1 Å². The van der Waals surface area contributed by atoms with Crippen LogP contribution < -0.4 is 14.8 Å². The van der Waals surface area contributed by atoms with Crippen molar-refractivity contribution in [3.63, 3.8) is 0 Å². The second kappa shape index (κ2) is 10.1. The summed E-state index contributed by atoms with van der Waals surface area (Å²) in [6.45, 7) is 0.860. The molecule has 0 aliphatic carbocycles. The number of benzene rings is 3. The molecule has 4 rings (SSSR count). The molecule has 3 aromatic carbocycles. The second-order valence-electron chi connectivity index (χ2n) is 6.64. The number of hydrogen-bond donors (Lipinski definition) is 1. The van der Waals surface area contributed by atoms with Gasteiger partial charge in [0.15, 0.2) is 0 Å². The largest absolute Gasteiger partial charge is 0.461 e. The zero-order chi connectivity index (χ0) is 21.5. The smallest absolute Gasteiger partial charge is 0.319 e. The topological polar surface area (TPSA) is 65.5 Å². The van der Waals surface area contributed by atoms with Crippen molar-refractivity contribution in [3.8, 4) is 17.5 Å². The van der Waals surface area contributed by atoms with E-state index in [9.17, 15) is 0 Å². The first-order valence-corrected chi connectivity index (χ1v) is 11.0. The first kappa shape index (κ1) is 21.0. The van der Waals surface area contributed by atoms with Gasteiger partial charge in [-0.3, -0.25) is 0 Å². The maximum absolute atomic E-state index is 5.93. The lowest BCUT2D eigenvalue weighted by atomic mass is 10.2. The average Bonchev–Trinajstić information content (AvgIpc) is 2.81. The molecule has 1 heterocycles. The molecule has 0 unspecified atom stereocenters. The van der Waals surface area contributed by atoms with Crippen LogP contribution in [0.5, 0.6) is 17.5 Å². The van der Waals surface area contributed by atoms with Crippen LogP contribution in [0.2, 0.25) is 0 Å². The highest BCUT2D eigenvalue weighted by molar-refractivity contribution is 7.98. The van der Waals surface area contributed by atoms with Gasteiger partial charge in [-0.1, -0.05) is 12.1 Å². The number of nitrogens with zero attached hydrogens (tertiary/aromatic N) is 2. The summed E-state index contributed by atoms with van der Waals surface area (Å²) in [6.07, 6.45) is 2.05. The van der Waals surface area contributed by atoms with Crippen LogP contribution in [0, 0.1) is 0 Å². The van der Waals surface area contributed by atoms with Crippen molar-refractivity contribution >= 4 is 34.2 Å². The molecule has 0 bridgehead atoms. The first-order chi connectivity index (χ1) is 15.2. The number of nitrogens with one attached hydrogen (secondary N) is 1. The van der Waals surface area contributed by atoms with E-state index >= 15 is 0 Å². The predicted molar refractivity (Wildman–Crippen MR) is 125 cm³/mol. The molecule has 0 aliphatic heterocycles. The van der Waals surface area contributed by atoms with Crippen molar-refractivity contribution in [2.24, 2.45) is 0 Å². The lowest BCUT2D eigenvalue weighted by Crippen LogP contribution is -2.08. The molecule has 0 fully saturated rings. The number of aromatic nitrogens is 2. The number of ether oxygens (including phenoxy) is 3. The van der Waals surface area contributed by atoms with Crippen molar-refractivity contribution in [2.45, 2.75) is 4.90 Å². The van der Waals surface area contributed by atoms with Gasteiger partial charge in [0.1, 0.15) is 23.9 Å². The van der Waals surface area contributed by atoms with E-state index < -0.39 is 0 Å². The Kier molecular flexibility index (Phi) is 6.86. The van der Waals surface area contributed by atoms with Gasteiger partial charge in [-0.05, 0) is 66.9 Å². The van der Waals surface area contributed by atoms with E-state index in [1.165, 1.54) is 4.90 Å². The van der Waals surface area contributed by atoms with E-state index in [2.05, 4.69) is 21.5 Å². The Morgan fingerprint density at radius 3 is 2.26 bits per heavy atom. The minimum Gasteiger partial charge on any atom is -0.461 e. The van der Waals surface area contributed by atoms with Crippen molar-refractivity contribution in [1.29, 1.82) is 0 Å². The van der Waals surface area contributed by atoms with Gasteiger partial charge < -0.3 is 19.5 Å². The fourth-order valence-corrected chi connectivity index (χ4v) is 3.36.